The van der Waals surface area contributed by atoms with Crippen molar-refractivity contribution in [2.45, 2.75) is 20.3 Å². The Kier molecular flexibility index (Phi) is 3.43. The first-order chi connectivity index (χ1) is 8.11. The molecule has 0 saturated carbocycles. The molecular weight excluding hydrogens is 278 g/mol. The van der Waals surface area contributed by atoms with Crippen molar-refractivity contribution in [3.8, 4) is 11.4 Å². The number of halogens is 1. The Morgan fingerprint density at radius 2 is 2.06 bits per heavy atom. The first kappa shape index (κ1) is 12.0. The Bertz CT molecular complexity index is 552. The molecular formula is C13H14BrN3. The maximum Gasteiger partial charge on any atom is 0.161 e. The van der Waals surface area contributed by atoms with Crippen LogP contribution in [0.5, 0.6) is 0 Å². The maximum atomic E-state index is 5.87. The quantitative estimate of drug-likeness (QED) is 0.923. The summed E-state index contributed by atoms with van der Waals surface area (Å²) < 4.78 is 0.802. The maximum absolute atomic E-state index is 5.87. The predicted molar refractivity (Wildman–Crippen MR) is 73.7 cm³/mol. The summed E-state index contributed by atoms with van der Waals surface area (Å²) in [4.78, 5) is 8.84. The molecule has 88 valence electrons. The third kappa shape index (κ3) is 2.47. The lowest BCUT2D eigenvalue weighted by Gasteiger charge is -2.07. The smallest absolute Gasteiger partial charge is 0.161 e. The summed E-state index contributed by atoms with van der Waals surface area (Å²) in [5.74, 6) is 1.18. The molecule has 0 unspecified atom stereocenters. The molecule has 0 aliphatic carbocycles. The van der Waals surface area contributed by atoms with E-state index in [2.05, 4.69) is 32.0 Å². The highest BCUT2D eigenvalue weighted by Gasteiger charge is 2.10. The summed E-state index contributed by atoms with van der Waals surface area (Å²) >= 11 is 3.41. The molecule has 0 saturated heterocycles. The Hall–Kier alpha value is -1.42. The summed E-state index contributed by atoms with van der Waals surface area (Å²) in [6, 6.07) is 8.10. The van der Waals surface area contributed by atoms with Gasteiger partial charge in [0.1, 0.15) is 5.82 Å². The van der Waals surface area contributed by atoms with Gasteiger partial charge < -0.3 is 5.73 Å². The minimum Gasteiger partial charge on any atom is -0.383 e. The fourth-order valence-electron chi connectivity index (χ4n) is 1.66. The monoisotopic (exact) mass is 291 g/mol. The van der Waals surface area contributed by atoms with Gasteiger partial charge in [0.05, 0.1) is 10.2 Å². The number of anilines is 1. The molecule has 17 heavy (non-hydrogen) atoms. The Labute approximate surface area is 109 Å². The number of rotatable bonds is 2. The molecule has 4 heteroatoms. The van der Waals surface area contributed by atoms with E-state index in [0.29, 0.717) is 11.6 Å². The fourth-order valence-corrected chi connectivity index (χ4v) is 2.12. The van der Waals surface area contributed by atoms with E-state index < -0.39 is 0 Å². The van der Waals surface area contributed by atoms with Gasteiger partial charge in [-0.1, -0.05) is 30.7 Å². The number of nitrogens with two attached hydrogens (primary N) is 1. The first-order valence-corrected chi connectivity index (χ1v) is 6.30. The van der Waals surface area contributed by atoms with Gasteiger partial charge in [0.25, 0.3) is 0 Å². The molecule has 1 heterocycles. The summed E-state index contributed by atoms with van der Waals surface area (Å²) in [5, 5.41) is 0. The van der Waals surface area contributed by atoms with Crippen molar-refractivity contribution in [3.05, 3.63) is 40.0 Å². The Morgan fingerprint density at radius 3 is 2.71 bits per heavy atom. The second-order valence-corrected chi connectivity index (χ2v) is 4.71. The SMILES string of the molecule is CCc1nc(-c2cccc(C)c2)nc(N)c1Br. The van der Waals surface area contributed by atoms with Crippen molar-refractivity contribution < 1.29 is 0 Å². The standard InChI is InChI=1S/C13H14BrN3/c1-3-10-11(14)12(15)17-13(16-10)9-6-4-5-8(2)7-9/h4-7H,3H2,1-2H3,(H2,15,16,17). The molecule has 0 atom stereocenters. The fraction of sp³-hybridized carbons (Fsp3) is 0.231. The van der Waals surface area contributed by atoms with Crippen LogP contribution in [0.3, 0.4) is 0 Å². The summed E-state index contributed by atoms with van der Waals surface area (Å²) in [6.45, 7) is 4.10. The Morgan fingerprint density at radius 1 is 1.29 bits per heavy atom. The van der Waals surface area contributed by atoms with Gasteiger partial charge in [-0.05, 0) is 35.3 Å². The highest BCUT2D eigenvalue weighted by Crippen LogP contribution is 2.25. The minimum absolute atomic E-state index is 0.494. The topological polar surface area (TPSA) is 51.8 Å². The normalized spacial score (nSPS) is 10.5. The second-order valence-electron chi connectivity index (χ2n) is 3.92. The lowest BCUT2D eigenvalue weighted by molar-refractivity contribution is 0.995. The molecule has 2 aromatic rings. The number of nitrogens with zero attached hydrogens (tertiary/aromatic N) is 2. The zero-order valence-electron chi connectivity index (χ0n) is 9.87. The van der Waals surface area contributed by atoms with Gasteiger partial charge in [-0.25, -0.2) is 9.97 Å². The number of aryl methyl sites for hydroxylation is 2. The van der Waals surface area contributed by atoms with Crippen molar-refractivity contribution in [1.82, 2.24) is 9.97 Å². The largest absolute Gasteiger partial charge is 0.383 e. The predicted octanol–water partition coefficient (Wildman–Crippen LogP) is 3.36. The van der Waals surface area contributed by atoms with Gasteiger partial charge in [0, 0.05) is 5.56 Å². The molecule has 0 bridgehead atoms. The van der Waals surface area contributed by atoms with E-state index in [1.54, 1.807) is 0 Å². The molecule has 2 N–H and O–H groups in total. The third-order valence-corrected chi connectivity index (χ3v) is 3.42. The lowest BCUT2D eigenvalue weighted by atomic mass is 10.1. The number of nitrogen functional groups attached to an aromatic ring is 1. The molecule has 0 radical (unpaired) electrons. The van der Waals surface area contributed by atoms with Crippen LogP contribution in [0.1, 0.15) is 18.2 Å². The summed E-state index contributed by atoms with van der Waals surface area (Å²) in [7, 11) is 0. The molecule has 2 rings (SSSR count). The number of aromatic nitrogens is 2. The second kappa shape index (κ2) is 4.84. The third-order valence-electron chi connectivity index (χ3n) is 2.56. The molecule has 1 aromatic heterocycles. The zero-order valence-corrected chi connectivity index (χ0v) is 11.5. The van der Waals surface area contributed by atoms with Crippen LogP contribution in [0.15, 0.2) is 28.7 Å². The van der Waals surface area contributed by atoms with E-state index in [1.165, 1.54) is 5.56 Å². The van der Waals surface area contributed by atoms with Crippen LogP contribution in [0.4, 0.5) is 5.82 Å². The highest BCUT2D eigenvalue weighted by molar-refractivity contribution is 9.10. The van der Waals surface area contributed by atoms with E-state index in [4.69, 9.17) is 5.73 Å². The first-order valence-electron chi connectivity index (χ1n) is 5.50. The molecule has 0 aliphatic rings. The number of hydrogen-bond acceptors (Lipinski definition) is 3. The van der Waals surface area contributed by atoms with Crippen LogP contribution in [-0.4, -0.2) is 9.97 Å². The van der Waals surface area contributed by atoms with Gasteiger partial charge in [0.2, 0.25) is 0 Å². The zero-order chi connectivity index (χ0) is 12.4. The van der Waals surface area contributed by atoms with Crippen LogP contribution in [-0.2, 0) is 6.42 Å². The van der Waals surface area contributed by atoms with Gasteiger partial charge in [-0.2, -0.15) is 0 Å². The van der Waals surface area contributed by atoms with Crippen LogP contribution < -0.4 is 5.73 Å². The van der Waals surface area contributed by atoms with E-state index in [9.17, 15) is 0 Å². The molecule has 0 fully saturated rings. The Balaban J connectivity index is 2.56. The van der Waals surface area contributed by atoms with E-state index in [0.717, 1.165) is 22.2 Å². The molecule has 0 aliphatic heterocycles. The summed E-state index contributed by atoms with van der Waals surface area (Å²) in [5.41, 5.74) is 9.00. The van der Waals surface area contributed by atoms with Crippen molar-refractivity contribution in [2.24, 2.45) is 0 Å². The lowest BCUT2D eigenvalue weighted by Crippen LogP contribution is -2.02. The van der Waals surface area contributed by atoms with Crippen LogP contribution in [0, 0.1) is 6.92 Å². The average Bonchev–Trinajstić information content (AvgIpc) is 2.32. The van der Waals surface area contributed by atoms with Gasteiger partial charge in [0.15, 0.2) is 5.82 Å². The minimum atomic E-state index is 0.494. The van der Waals surface area contributed by atoms with Crippen molar-refractivity contribution in [1.29, 1.82) is 0 Å². The molecule has 1 aromatic carbocycles. The molecule has 0 spiro atoms. The van der Waals surface area contributed by atoms with Crippen molar-refractivity contribution in [2.75, 3.05) is 5.73 Å². The van der Waals surface area contributed by atoms with E-state index in [-0.39, 0.29) is 0 Å². The average molecular weight is 292 g/mol. The van der Waals surface area contributed by atoms with Gasteiger partial charge in [-0.15, -0.1) is 0 Å². The van der Waals surface area contributed by atoms with E-state index in [1.807, 2.05) is 32.0 Å². The van der Waals surface area contributed by atoms with Crippen molar-refractivity contribution in [3.63, 3.8) is 0 Å². The van der Waals surface area contributed by atoms with Crippen LogP contribution >= 0.6 is 15.9 Å². The highest BCUT2D eigenvalue weighted by atomic mass is 79.9. The van der Waals surface area contributed by atoms with Crippen molar-refractivity contribution >= 4 is 21.7 Å². The van der Waals surface area contributed by atoms with Crippen LogP contribution in [0.2, 0.25) is 0 Å². The molecule has 0 amide bonds. The summed E-state index contributed by atoms with van der Waals surface area (Å²) in [6.07, 6.45) is 0.826. The number of hydrogen-bond donors (Lipinski definition) is 1. The molecule has 3 nitrogen and oxygen atoms in total. The number of benzene rings is 1. The van der Waals surface area contributed by atoms with Gasteiger partial charge >= 0.3 is 0 Å². The van der Waals surface area contributed by atoms with E-state index >= 15 is 0 Å². The van der Waals surface area contributed by atoms with Gasteiger partial charge in [-0.3, -0.25) is 0 Å². The van der Waals surface area contributed by atoms with Crippen LogP contribution in [0.25, 0.3) is 11.4 Å².